The minimum absolute atomic E-state index is 0.181. The Morgan fingerprint density at radius 2 is 1.86 bits per heavy atom. The molecule has 1 N–H and O–H groups in total. The lowest BCUT2D eigenvalue weighted by atomic mass is 10.0. The summed E-state index contributed by atoms with van der Waals surface area (Å²) in [5.41, 5.74) is 1.67. The highest BCUT2D eigenvalue weighted by molar-refractivity contribution is 7.12. The van der Waals surface area contributed by atoms with Crippen molar-refractivity contribution in [3.63, 3.8) is 0 Å². The van der Waals surface area contributed by atoms with Gasteiger partial charge in [-0.1, -0.05) is 13.8 Å². The SMILES string of the molecule is Cc1sc(CNC(C)(C)C)cc1CN(C)C(C)CC(C)C. The standard InChI is InChI=1S/C18H34N2S/c1-13(2)9-14(3)20(8)12-16-10-17(21-15(16)4)11-19-18(5,6)7/h10,13-14,19H,9,11-12H2,1-8H3. The number of thiophene rings is 1. The summed E-state index contributed by atoms with van der Waals surface area (Å²) in [6.45, 7) is 17.9. The van der Waals surface area contributed by atoms with E-state index >= 15 is 0 Å². The maximum atomic E-state index is 3.58. The van der Waals surface area contributed by atoms with Crippen molar-refractivity contribution in [3.8, 4) is 0 Å². The molecule has 1 atom stereocenters. The van der Waals surface area contributed by atoms with Crippen LogP contribution in [0, 0.1) is 12.8 Å². The molecule has 3 heteroatoms. The van der Waals surface area contributed by atoms with Crippen molar-refractivity contribution in [1.29, 1.82) is 0 Å². The van der Waals surface area contributed by atoms with Gasteiger partial charge in [-0.25, -0.2) is 0 Å². The molecule has 0 bridgehead atoms. The maximum Gasteiger partial charge on any atom is 0.0304 e. The van der Waals surface area contributed by atoms with E-state index in [9.17, 15) is 0 Å². The van der Waals surface area contributed by atoms with Crippen LogP contribution in [-0.4, -0.2) is 23.5 Å². The number of aryl methyl sites for hydroxylation is 1. The quantitative estimate of drug-likeness (QED) is 0.777. The Bertz CT molecular complexity index is 429. The molecule has 122 valence electrons. The third-order valence-corrected chi connectivity index (χ3v) is 4.94. The van der Waals surface area contributed by atoms with Crippen molar-refractivity contribution in [2.24, 2.45) is 5.92 Å². The molecule has 0 fully saturated rings. The maximum absolute atomic E-state index is 3.58. The van der Waals surface area contributed by atoms with Gasteiger partial charge in [-0.15, -0.1) is 11.3 Å². The number of rotatable bonds is 7. The lowest BCUT2D eigenvalue weighted by molar-refractivity contribution is 0.220. The predicted octanol–water partition coefficient (Wildman–Crippen LogP) is 4.81. The molecule has 1 aromatic heterocycles. The van der Waals surface area contributed by atoms with E-state index < -0.39 is 0 Å². The lowest BCUT2D eigenvalue weighted by Gasteiger charge is -2.26. The molecule has 1 unspecified atom stereocenters. The molecule has 0 saturated heterocycles. The van der Waals surface area contributed by atoms with Crippen molar-refractivity contribution in [1.82, 2.24) is 10.2 Å². The van der Waals surface area contributed by atoms with Crippen LogP contribution in [0.3, 0.4) is 0 Å². The fourth-order valence-electron chi connectivity index (χ4n) is 2.47. The normalized spacial score (nSPS) is 14.2. The van der Waals surface area contributed by atoms with E-state index in [-0.39, 0.29) is 5.54 Å². The van der Waals surface area contributed by atoms with Gasteiger partial charge in [-0.2, -0.15) is 0 Å². The summed E-state index contributed by atoms with van der Waals surface area (Å²) in [4.78, 5) is 5.39. The highest BCUT2D eigenvalue weighted by atomic mass is 32.1. The van der Waals surface area contributed by atoms with E-state index in [1.807, 2.05) is 11.3 Å². The predicted molar refractivity (Wildman–Crippen MR) is 96.0 cm³/mol. The second-order valence-electron chi connectivity index (χ2n) is 7.79. The Hall–Kier alpha value is -0.380. The Morgan fingerprint density at radius 3 is 2.38 bits per heavy atom. The Labute approximate surface area is 135 Å². The first-order valence-corrected chi connectivity index (χ1v) is 8.93. The summed E-state index contributed by atoms with van der Waals surface area (Å²) in [5, 5.41) is 3.58. The molecule has 0 aromatic carbocycles. The van der Waals surface area contributed by atoms with E-state index in [2.05, 4.69) is 71.8 Å². The number of nitrogens with zero attached hydrogens (tertiary/aromatic N) is 1. The largest absolute Gasteiger partial charge is 0.307 e. The third kappa shape index (κ3) is 6.94. The van der Waals surface area contributed by atoms with Crippen molar-refractivity contribution in [3.05, 3.63) is 21.4 Å². The zero-order valence-electron chi connectivity index (χ0n) is 15.2. The van der Waals surface area contributed by atoms with Gasteiger partial charge in [0, 0.05) is 34.4 Å². The molecule has 0 saturated carbocycles. The van der Waals surface area contributed by atoms with Gasteiger partial charge >= 0.3 is 0 Å². The van der Waals surface area contributed by atoms with Crippen LogP contribution >= 0.6 is 11.3 Å². The summed E-state index contributed by atoms with van der Waals surface area (Å²) >= 11 is 1.93. The number of nitrogens with one attached hydrogen (secondary N) is 1. The van der Waals surface area contributed by atoms with Gasteiger partial charge in [0.2, 0.25) is 0 Å². The first-order valence-electron chi connectivity index (χ1n) is 8.12. The summed E-state index contributed by atoms with van der Waals surface area (Å²) in [6, 6.07) is 3.03. The summed E-state index contributed by atoms with van der Waals surface area (Å²) in [5.74, 6) is 0.762. The molecule has 0 aliphatic heterocycles. The lowest BCUT2D eigenvalue weighted by Crippen LogP contribution is -2.34. The fraction of sp³-hybridized carbons (Fsp3) is 0.778. The summed E-state index contributed by atoms with van der Waals surface area (Å²) < 4.78 is 0. The monoisotopic (exact) mass is 310 g/mol. The van der Waals surface area contributed by atoms with E-state index in [4.69, 9.17) is 0 Å². The van der Waals surface area contributed by atoms with Gasteiger partial charge in [0.15, 0.2) is 0 Å². The minimum atomic E-state index is 0.181. The first-order chi connectivity index (χ1) is 9.58. The summed E-state index contributed by atoms with van der Waals surface area (Å²) in [6.07, 6.45) is 1.26. The highest BCUT2D eigenvalue weighted by Gasteiger charge is 2.15. The average Bonchev–Trinajstić information content (AvgIpc) is 2.66. The molecule has 2 nitrogen and oxygen atoms in total. The van der Waals surface area contributed by atoms with Gasteiger partial charge < -0.3 is 5.32 Å². The molecule has 0 aliphatic carbocycles. The summed E-state index contributed by atoms with van der Waals surface area (Å²) in [7, 11) is 2.25. The van der Waals surface area contributed by atoms with Crippen LogP contribution in [0.2, 0.25) is 0 Å². The van der Waals surface area contributed by atoms with Crippen molar-refractivity contribution >= 4 is 11.3 Å². The number of hydrogen-bond acceptors (Lipinski definition) is 3. The van der Waals surface area contributed by atoms with Crippen molar-refractivity contribution < 1.29 is 0 Å². The van der Waals surface area contributed by atoms with Crippen molar-refractivity contribution in [2.45, 2.75) is 79.6 Å². The Balaban J connectivity index is 2.61. The number of hydrogen-bond donors (Lipinski definition) is 1. The minimum Gasteiger partial charge on any atom is -0.307 e. The van der Waals surface area contributed by atoms with Crippen LogP contribution < -0.4 is 5.32 Å². The molecule has 21 heavy (non-hydrogen) atoms. The topological polar surface area (TPSA) is 15.3 Å². The molecule has 0 spiro atoms. The smallest absolute Gasteiger partial charge is 0.0304 e. The average molecular weight is 311 g/mol. The van der Waals surface area contributed by atoms with Crippen LogP contribution in [0.15, 0.2) is 6.07 Å². The molecule has 1 rings (SSSR count). The van der Waals surface area contributed by atoms with Gasteiger partial charge in [0.1, 0.15) is 0 Å². The molecule has 1 aromatic rings. The molecule has 0 aliphatic rings. The van der Waals surface area contributed by atoms with E-state index in [0.29, 0.717) is 6.04 Å². The van der Waals surface area contributed by atoms with E-state index in [0.717, 1.165) is 19.0 Å². The molecule has 0 radical (unpaired) electrons. The van der Waals surface area contributed by atoms with Crippen LogP contribution in [0.1, 0.15) is 63.3 Å². The third-order valence-electron chi connectivity index (χ3n) is 3.85. The van der Waals surface area contributed by atoms with Crippen LogP contribution in [-0.2, 0) is 13.1 Å². The molecule has 0 amide bonds. The molecule has 1 heterocycles. The highest BCUT2D eigenvalue weighted by Crippen LogP contribution is 2.24. The van der Waals surface area contributed by atoms with E-state index in [1.54, 1.807) is 0 Å². The van der Waals surface area contributed by atoms with Crippen LogP contribution in [0.5, 0.6) is 0 Å². The van der Waals surface area contributed by atoms with Gasteiger partial charge in [0.05, 0.1) is 0 Å². The van der Waals surface area contributed by atoms with Gasteiger partial charge in [0.25, 0.3) is 0 Å². The molecular weight excluding hydrogens is 276 g/mol. The fourth-order valence-corrected chi connectivity index (χ4v) is 3.46. The second-order valence-corrected chi connectivity index (χ2v) is 9.13. The van der Waals surface area contributed by atoms with E-state index in [1.165, 1.54) is 21.7 Å². The van der Waals surface area contributed by atoms with Gasteiger partial charge in [-0.05, 0) is 65.6 Å². The molecular formula is C18H34N2S. The Kier molecular flexibility index (Phi) is 6.89. The second kappa shape index (κ2) is 7.75. The van der Waals surface area contributed by atoms with Gasteiger partial charge in [-0.3, -0.25) is 4.90 Å². The first kappa shape index (κ1) is 18.7. The Morgan fingerprint density at radius 1 is 1.24 bits per heavy atom. The van der Waals surface area contributed by atoms with Crippen molar-refractivity contribution in [2.75, 3.05) is 7.05 Å². The zero-order chi connectivity index (χ0) is 16.2. The zero-order valence-corrected chi connectivity index (χ0v) is 16.0. The van der Waals surface area contributed by atoms with Crippen LogP contribution in [0.4, 0.5) is 0 Å². The van der Waals surface area contributed by atoms with Crippen LogP contribution in [0.25, 0.3) is 0 Å².